The van der Waals surface area contributed by atoms with Gasteiger partial charge in [0.15, 0.2) is 0 Å². The highest BCUT2D eigenvalue weighted by Gasteiger charge is 2.30. The number of carbonyl (C=O) groups is 1. The predicted molar refractivity (Wildman–Crippen MR) is 78.4 cm³/mol. The molecule has 2 fully saturated rings. The topological polar surface area (TPSA) is 28.5 Å². The Morgan fingerprint density at radius 1 is 1.32 bits per heavy atom. The molecule has 1 aliphatic carbocycles. The Balaban J connectivity index is 1.73. The Morgan fingerprint density at radius 2 is 2.00 bits per heavy atom. The fourth-order valence-corrected chi connectivity index (χ4v) is 3.14. The van der Waals surface area contributed by atoms with Crippen LogP contribution < -0.4 is 0 Å². The number of nitrogens with zero attached hydrogens (tertiary/aromatic N) is 3. The minimum absolute atomic E-state index is 0.188. The summed E-state index contributed by atoms with van der Waals surface area (Å²) in [5.41, 5.74) is 0.847. The second-order valence-corrected chi connectivity index (χ2v) is 6.32. The number of piperazine rings is 1. The molecule has 1 amide bonds. The zero-order valence-corrected chi connectivity index (χ0v) is 12.9. The highest BCUT2D eigenvalue weighted by Crippen LogP contribution is 2.37. The summed E-state index contributed by atoms with van der Waals surface area (Å²) in [6.45, 7) is 6.93. The van der Waals surface area contributed by atoms with Gasteiger partial charge >= 0.3 is 0 Å². The number of halogens is 1. The number of hydrogen-bond acceptors (Lipinski definition) is 2. The fourth-order valence-electron chi connectivity index (χ4n) is 2.70. The number of aromatic nitrogens is 1. The van der Waals surface area contributed by atoms with E-state index in [1.807, 2.05) is 17.2 Å². The largest absolute Gasteiger partial charge is 0.339 e. The van der Waals surface area contributed by atoms with Crippen molar-refractivity contribution in [1.82, 2.24) is 14.4 Å². The Kier molecular flexibility index (Phi) is 3.67. The maximum atomic E-state index is 12.6. The van der Waals surface area contributed by atoms with Crippen molar-refractivity contribution in [1.29, 1.82) is 0 Å². The van der Waals surface area contributed by atoms with Gasteiger partial charge in [-0.3, -0.25) is 4.79 Å². The second kappa shape index (κ2) is 5.29. The van der Waals surface area contributed by atoms with E-state index in [0.717, 1.165) is 42.9 Å². The van der Waals surface area contributed by atoms with Crippen molar-refractivity contribution < 1.29 is 4.79 Å². The maximum absolute atomic E-state index is 12.6. The molecule has 0 bridgehead atoms. The molecular weight excluding hydrogens is 306 g/mol. The van der Waals surface area contributed by atoms with Gasteiger partial charge in [-0.15, -0.1) is 0 Å². The van der Waals surface area contributed by atoms with E-state index in [1.54, 1.807) is 0 Å². The second-order valence-electron chi connectivity index (χ2n) is 5.41. The van der Waals surface area contributed by atoms with Crippen LogP contribution in [0.2, 0.25) is 0 Å². The molecule has 1 aromatic rings. The molecule has 1 aliphatic heterocycles. The molecule has 2 heterocycles. The average molecular weight is 326 g/mol. The van der Waals surface area contributed by atoms with Gasteiger partial charge in [0, 0.05) is 42.9 Å². The summed E-state index contributed by atoms with van der Waals surface area (Å²) in [5.74, 6) is 0.188. The summed E-state index contributed by atoms with van der Waals surface area (Å²) >= 11 is 3.49. The quantitative estimate of drug-likeness (QED) is 0.853. The van der Waals surface area contributed by atoms with E-state index in [2.05, 4.69) is 32.3 Å². The van der Waals surface area contributed by atoms with Gasteiger partial charge in [0.2, 0.25) is 0 Å². The SMILES string of the molecule is CCN1CCN(C(=O)c2cc(Br)cn2C2CC2)CC1. The lowest BCUT2D eigenvalue weighted by Gasteiger charge is -2.34. The number of hydrogen-bond donors (Lipinski definition) is 0. The van der Waals surface area contributed by atoms with Crippen molar-refractivity contribution in [2.45, 2.75) is 25.8 Å². The molecule has 4 nitrogen and oxygen atoms in total. The fraction of sp³-hybridized carbons (Fsp3) is 0.643. The average Bonchev–Trinajstić information content (AvgIpc) is 3.21. The normalized spacial score (nSPS) is 20.8. The van der Waals surface area contributed by atoms with Crippen LogP contribution in [0.25, 0.3) is 0 Å². The lowest BCUT2D eigenvalue weighted by atomic mass is 10.2. The summed E-state index contributed by atoms with van der Waals surface area (Å²) in [5, 5.41) is 0. The van der Waals surface area contributed by atoms with Crippen LogP contribution in [-0.2, 0) is 0 Å². The number of carbonyl (C=O) groups excluding carboxylic acids is 1. The molecule has 104 valence electrons. The summed E-state index contributed by atoms with van der Waals surface area (Å²) in [4.78, 5) is 17.0. The minimum Gasteiger partial charge on any atom is -0.339 e. The highest BCUT2D eigenvalue weighted by atomic mass is 79.9. The van der Waals surface area contributed by atoms with Crippen LogP contribution in [0.3, 0.4) is 0 Å². The van der Waals surface area contributed by atoms with Gasteiger partial charge in [-0.1, -0.05) is 6.92 Å². The molecule has 1 saturated carbocycles. The first-order valence-corrected chi connectivity index (χ1v) is 7.87. The van der Waals surface area contributed by atoms with E-state index < -0.39 is 0 Å². The molecule has 0 atom stereocenters. The van der Waals surface area contributed by atoms with Crippen LogP contribution in [0, 0.1) is 0 Å². The van der Waals surface area contributed by atoms with Gasteiger partial charge in [0.25, 0.3) is 5.91 Å². The van der Waals surface area contributed by atoms with Crippen molar-refractivity contribution in [3.8, 4) is 0 Å². The van der Waals surface area contributed by atoms with E-state index in [0.29, 0.717) is 6.04 Å². The lowest BCUT2D eigenvalue weighted by Crippen LogP contribution is -2.48. The summed E-state index contributed by atoms with van der Waals surface area (Å²) in [6.07, 6.45) is 4.45. The molecule has 1 aromatic heterocycles. The summed E-state index contributed by atoms with van der Waals surface area (Å²) in [7, 11) is 0. The Morgan fingerprint density at radius 3 is 2.58 bits per heavy atom. The molecule has 0 radical (unpaired) electrons. The first-order valence-electron chi connectivity index (χ1n) is 7.08. The third-order valence-corrected chi connectivity index (χ3v) is 4.51. The van der Waals surface area contributed by atoms with Gasteiger partial charge < -0.3 is 14.4 Å². The van der Waals surface area contributed by atoms with E-state index >= 15 is 0 Å². The molecule has 5 heteroatoms. The zero-order valence-electron chi connectivity index (χ0n) is 11.3. The van der Waals surface area contributed by atoms with E-state index in [1.165, 1.54) is 12.8 Å². The maximum Gasteiger partial charge on any atom is 0.270 e. The van der Waals surface area contributed by atoms with E-state index in [4.69, 9.17) is 0 Å². The Labute approximate surface area is 122 Å². The van der Waals surface area contributed by atoms with Crippen LogP contribution in [0.4, 0.5) is 0 Å². The summed E-state index contributed by atoms with van der Waals surface area (Å²) < 4.78 is 3.16. The van der Waals surface area contributed by atoms with Crippen LogP contribution in [0.15, 0.2) is 16.7 Å². The molecule has 0 spiro atoms. The van der Waals surface area contributed by atoms with Crippen LogP contribution in [-0.4, -0.2) is 53.0 Å². The molecular formula is C14H20BrN3O. The molecule has 3 rings (SSSR count). The van der Waals surface area contributed by atoms with Crippen LogP contribution in [0.1, 0.15) is 36.3 Å². The predicted octanol–water partition coefficient (Wildman–Crippen LogP) is 2.36. The number of amides is 1. The van der Waals surface area contributed by atoms with Gasteiger partial charge in [-0.2, -0.15) is 0 Å². The molecule has 0 aromatic carbocycles. The van der Waals surface area contributed by atoms with Crippen molar-refractivity contribution in [3.05, 3.63) is 22.4 Å². The number of rotatable bonds is 3. The van der Waals surface area contributed by atoms with Crippen molar-refractivity contribution in [2.24, 2.45) is 0 Å². The molecule has 0 unspecified atom stereocenters. The smallest absolute Gasteiger partial charge is 0.270 e. The first kappa shape index (κ1) is 13.2. The van der Waals surface area contributed by atoms with E-state index in [-0.39, 0.29) is 5.91 Å². The van der Waals surface area contributed by atoms with Crippen molar-refractivity contribution in [3.63, 3.8) is 0 Å². The monoisotopic (exact) mass is 325 g/mol. The van der Waals surface area contributed by atoms with Gasteiger partial charge in [0.05, 0.1) is 0 Å². The molecule has 2 aliphatic rings. The Bertz CT molecular complexity index is 473. The standard InChI is InChI=1S/C14H20BrN3O/c1-2-16-5-7-17(8-6-16)14(19)13-9-11(15)10-18(13)12-3-4-12/h9-10,12H,2-8H2,1H3. The minimum atomic E-state index is 0.188. The third-order valence-electron chi connectivity index (χ3n) is 4.08. The zero-order chi connectivity index (χ0) is 13.4. The van der Waals surface area contributed by atoms with Crippen molar-refractivity contribution in [2.75, 3.05) is 32.7 Å². The van der Waals surface area contributed by atoms with E-state index in [9.17, 15) is 4.79 Å². The lowest BCUT2D eigenvalue weighted by molar-refractivity contribution is 0.0632. The molecule has 0 N–H and O–H groups in total. The van der Waals surface area contributed by atoms with Gasteiger partial charge in [-0.25, -0.2) is 0 Å². The van der Waals surface area contributed by atoms with Crippen molar-refractivity contribution >= 4 is 21.8 Å². The molecule has 19 heavy (non-hydrogen) atoms. The van der Waals surface area contributed by atoms with Gasteiger partial charge in [0.1, 0.15) is 5.69 Å². The first-order chi connectivity index (χ1) is 9.19. The Hall–Kier alpha value is -0.810. The summed E-state index contributed by atoms with van der Waals surface area (Å²) in [6, 6.07) is 2.51. The van der Waals surface area contributed by atoms with Crippen LogP contribution in [0.5, 0.6) is 0 Å². The van der Waals surface area contributed by atoms with Gasteiger partial charge in [-0.05, 0) is 41.4 Å². The molecule has 1 saturated heterocycles. The third kappa shape index (κ3) is 2.72. The highest BCUT2D eigenvalue weighted by molar-refractivity contribution is 9.10. The van der Waals surface area contributed by atoms with Crippen LogP contribution >= 0.6 is 15.9 Å². The number of likely N-dealkylation sites (N-methyl/N-ethyl adjacent to an activating group) is 1.